The molecule has 0 radical (unpaired) electrons. The molecule has 0 amide bonds. The van der Waals surface area contributed by atoms with Crippen molar-refractivity contribution in [2.45, 2.75) is 24.9 Å². The summed E-state index contributed by atoms with van der Waals surface area (Å²) in [5, 5.41) is 0. The first-order chi connectivity index (χ1) is 12.6. The Morgan fingerprint density at radius 1 is 1.26 bits per heavy atom. The Morgan fingerprint density at radius 2 is 2.00 bits per heavy atom. The number of hydrogen-bond donors (Lipinski definition) is 4. The molecule has 1 saturated heterocycles. The molecule has 1 aliphatic heterocycles. The largest absolute Gasteiger partial charge is 0.469 e. The first-order valence-corrected chi connectivity index (χ1v) is 10.4. The first-order valence-electron chi connectivity index (χ1n) is 7.31. The van der Waals surface area contributed by atoms with Gasteiger partial charge in [-0.25, -0.2) is 29.1 Å². The zero-order valence-electron chi connectivity index (χ0n) is 13.5. The van der Waals surface area contributed by atoms with E-state index in [1.807, 2.05) is 0 Å². The number of phosphoric ester groups is 2. The monoisotopic (exact) mass is 423 g/mol. The van der Waals surface area contributed by atoms with Gasteiger partial charge in [0.25, 0.3) is 0 Å². The number of hydrogen-bond acceptors (Lipinski definition) is 9. The van der Waals surface area contributed by atoms with Crippen LogP contribution in [-0.2, 0) is 22.9 Å². The average molecular weight is 423 g/mol. The van der Waals surface area contributed by atoms with Crippen molar-refractivity contribution < 1.29 is 42.5 Å². The van der Waals surface area contributed by atoms with Gasteiger partial charge in [0, 0.05) is 6.42 Å². The van der Waals surface area contributed by atoms with E-state index in [1.165, 1.54) is 17.2 Å². The van der Waals surface area contributed by atoms with E-state index in [2.05, 4.69) is 35.7 Å². The molecular formula is C11H15N5O9P2. The molecule has 3 rings (SSSR count). The number of aliphatic imine (C=N–C) groups is 1. The van der Waals surface area contributed by atoms with Crippen molar-refractivity contribution in [3.63, 3.8) is 0 Å². The Labute approximate surface area is 151 Å². The lowest BCUT2D eigenvalue weighted by Crippen LogP contribution is -2.28. The maximum absolute atomic E-state index is 11.2. The quantitative estimate of drug-likeness (QED) is 0.345. The van der Waals surface area contributed by atoms with Crippen LogP contribution in [0, 0.1) is 0 Å². The second-order valence-electron chi connectivity index (χ2n) is 5.47. The Kier molecular flexibility index (Phi) is 5.54. The summed E-state index contributed by atoms with van der Waals surface area (Å²) in [7, 11) is -9.70. The number of ether oxygens (including phenoxy) is 1. The number of imidazole rings is 1. The zero-order chi connectivity index (χ0) is 19.8. The van der Waals surface area contributed by atoms with E-state index in [9.17, 15) is 9.13 Å². The highest BCUT2D eigenvalue weighted by Gasteiger charge is 2.42. The Morgan fingerprint density at radius 3 is 2.63 bits per heavy atom. The van der Waals surface area contributed by atoms with E-state index >= 15 is 0 Å². The number of nitrogens with zero attached hydrogens (tertiary/aromatic N) is 5. The van der Waals surface area contributed by atoms with Gasteiger partial charge >= 0.3 is 15.6 Å². The van der Waals surface area contributed by atoms with Gasteiger partial charge in [0.1, 0.15) is 24.8 Å². The highest BCUT2D eigenvalue weighted by Crippen LogP contribution is 2.45. The van der Waals surface area contributed by atoms with Gasteiger partial charge in [-0.1, -0.05) is 0 Å². The summed E-state index contributed by atoms with van der Waals surface area (Å²) in [5.74, 6) is 0.237. The van der Waals surface area contributed by atoms with Crippen LogP contribution >= 0.6 is 15.6 Å². The Balaban J connectivity index is 1.87. The lowest BCUT2D eigenvalue weighted by atomic mass is 10.2. The van der Waals surface area contributed by atoms with E-state index < -0.39 is 40.7 Å². The molecule has 0 aromatic carbocycles. The molecule has 148 valence electrons. The molecule has 0 aliphatic carbocycles. The summed E-state index contributed by atoms with van der Waals surface area (Å²) in [6, 6.07) is 0. The van der Waals surface area contributed by atoms with Crippen LogP contribution in [0.25, 0.3) is 11.2 Å². The minimum atomic E-state index is -4.88. The molecule has 3 heterocycles. The van der Waals surface area contributed by atoms with Gasteiger partial charge in [0.2, 0.25) is 0 Å². The number of phosphoric acid groups is 2. The van der Waals surface area contributed by atoms with Gasteiger partial charge in [-0.3, -0.25) is 13.6 Å². The summed E-state index contributed by atoms with van der Waals surface area (Å²) >= 11 is 0. The first kappa shape index (κ1) is 20.1. The van der Waals surface area contributed by atoms with Crippen molar-refractivity contribution >= 4 is 39.3 Å². The summed E-state index contributed by atoms with van der Waals surface area (Å²) in [6.07, 6.45) is -0.668. The fourth-order valence-electron chi connectivity index (χ4n) is 2.65. The van der Waals surface area contributed by atoms with E-state index in [4.69, 9.17) is 24.3 Å². The molecule has 14 nitrogen and oxygen atoms in total. The van der Waals surface area contributed by atoms with E-state index in [0.717, 1.165) is 0 Å². The van der Waals surface area contributed by atoms with Crippen LogP contribution in [0.3, 0.4) is 0 Å². The minimum Gasteiger partial charge on any atom is -0.349 e. The van der Waals surface area contributed by atoms with Gasteiger partial charge < -0.3 is 24.3 Å². The van der Waals surface area contributed by atoms with Crippen LogP contribution in [0.15, 0.2) is 17.6 Å². The number of fused-ring (bicyclic) bond motifs is 1. The highest BCUT2D eigenvalue weighted by molar-refractivity contribution is 7.46. The average Bonchev–Trinajstić information content (AvgIpc) is 3.14. The third kappa shape index (κ3) is 4.82. The van der Waals surface area contributed by atoms with E-state index in [-0.39, 0.29) is 12.2 Å². The van der Waals surface area contributed by atoms with Crippen molar-refractivity contribution in [3.8, 4) is 0 Å². The number of aromatic nitrogens is 4. The standard InChI is InChI=1S/C11H15N5O9P2/c1-12-10-9-11(14-4-13-10)16(5-15-9)8-2-6(25-27(20,21)22)7(24-8)3-23-26(17,18)19/h4-8H,1-3H2,(H2,17,18,19)(H2,20,21,22)/t6-,7+,8+/m0/s1. The van der Waals surface area contributed by atoms with Crippen molar-refractivity contribution in [1.82, 2.24) is 19.5 Å². The Hall–Kier alpha value is -1.60. The van der Waals surface area contributed by atoms with Gasteiger partial charge in [0.05, 0.1) is 12.9 Å². The third-order valence-corrected chi connectivity index (χ3v) is 4.69. The van der Waals surface area contributed by atoms with Gasteiger partial charge in [-0.05, 0) is 6.72 Å². The van der Waals surface area contributed by atoms with Gasteiger partial charge in [0.15, 0.2) is 17.0 Å². The molecule has 2 aromatic heterocycles. The molecule has 0 saturated carbocycles. The molecule has 2 aromatic rings. The maximum atomic E-state index is 11.2. The molecule has 16 heteroatoms. The van der Waals surface area contributed by atoms with Gasteiger partial charge in [-0.2, -0.15) is 0 Å². The van der Waals surface area contributed by atoms with Crippen molar-refractivity contribution in [2.75, 3.05) is 6.61 Å². The topological polar surface area (TPSA) is 199 Å². The predicted octanol–water partition coefficient (Wildman–Crippen LogP) is 0.0331. The van der Waals surface area contributed by atoms with Crippen molar-refractivity contribution in [2.24, 2.45) is 4.99 Å². The lowest BCUT2D eigenvalue weighted by molar-refractivity contribution is -0.0417. The molecule has 27 heavy (non-hydrogen) atoms. The second-order valence-corrected chi connectivity index (χ2v) is 7.90. The van der Waals surface area contributed by atoms with Crippen LogP contribution in [0.5, 0.6) is 0 Å². The molecule has 0 unspecified atom stereocenters. The second kappa shape index (κ2) is 7.43. The molecule has 0 bridgehead atoms. The summed E-state index contributed by atoms with van der Waals surface area (Å²) in [4.78, 5) is 51.6. The summed E-state index contributed by atoms with van der Waals surface area (Å²) < 4.78 is 38.2. The lowest BCUT2D eigenvalue weighted by Gasteiger charge is -2.19. The fraction of sp³-hybridized carbons (Fsp3) is 0.455. The maximum Gasteiger partial charge on any atom is 0.469 e. The summed E-state index contributed by atoms with van der Waals surface area (Å²) in [6.45, 7) is 2.74. The molecule has 3 atom stereocenters. The fourth-order valence-corrected chi connectivity index (χ4v) is 3.56. The van der Waals surface area contributed by atoms with Crippen LogP contribution < -0.4 is 0 Å². The third-order valence-electron chi connectivity index (χ3n) is 3.66. The predicted molar refractivity (Wildman–Crippen MR) is 88.0 cm³/mol. The van der Waals surface area contributed by atoms with Crippen molar-refractivity contribution in [1.29, 1.82) is 0 Å². The number of rotatable bonds is 7. The normalized spacial score (nSPS) is 23.8. The zero-order valence-corrected chi connectivity index (χ0v) is 15.3. The Bertz CT molecular complexity index is 939. The molecule has 0 spiro atoms. The summed E-state index contributed by atoms with van der Waals surface area (Å²) in [5.41, 5.74) is 0.655. The van der Waals surface area contributed by atoms with Crippen LogP contribution in [-0.4, -0.2) is 64.6 Å². The van der Waals surface area contributed by atoms with E-state index in [1.54, 1.807) is 0 Å². The molecule has 4 N–H and O–H groups in total. The SMILES string of the molecule is C=Nc1ncnc2c1ncn2[C@H]1C[C@H](OP(=O)(O)O)[C@@H](COP(=O)(O)O)O1. The van der Waals surface area contributed by atoms with Gasteiger partial charge in [-0.15, -0.1) is 0 Å². The van der Waals surface area contributed by atoms with E-state index in [0.29, 0.717) is 11.2 Å². The minimum absolute atomic E-state index is 0.0629. The molecule has 1 fully saturated rings. The molecule has 1 aliphatic rings. The smallest absolute Gasteiger partial charge is 0.349 e. The van der Waals surface area contributed by atoms with Crippen LogP contribution in [0.4, 0.5) is 5.82 Å². The highest BCUT2D eigenvalue weighted by atomic mass is 31.2. The van der Waals surface area contributed by atoms with Crippen molar-refractivity contribution in [3.05, 3.63) is 12.7 Å². The molecular weight excluding hydrogens is 408 g/mol. The van der Waals surface area contributed by atoms with Crippen LogP contribution in [0.1, 0.15) is 12.6 Å². The van der Waals surface area contributed by atoms with Crippen LogP contribution in [0.2, 0.25) is 0 Å².